The summed E-state index contributed by atoms with van der Waals surface area (Å²) in [6, 6.07) is 10.6. The van der Waals surface area contributed by atoms with E-state index in [1.807, 2.05) is 13.1 Å². The molecular weight excluding hydrogens is 331 g/mol. The molecule has 0 aliphatic carbocycles. The Morgan fingerprint density at radius 3 is 2.52 bits per heavy atom. The van der Waals surface area contributed by atoms with Crippen molar-refractivity contribution in [2.45, 2.75) is 19.9 Å². The van der Waals surface area contributed by atoms with Crippen molar-refractivity contribution in [2.24, 2.45) is 0 Å². The minimum absolute atomic E-state index is 0. The summed E-state index contributed by atoms with van der Waals surface area (Å²) in [6.07, 6.45) is 5.22. The minimum Gasteiger partial charge on any atom is -1.00 e. The number of nitrogen functional groups attached to an aromatic ring is 1. The molecule has 1 aromatic carbocycles. The maximum absolute atomic E-state index is 5.96. The van der Waals surface area contributed by atoms with Crippen LogP contribution in [0.5, 0.6) is 0 Å². The normalized spacial score (nSPS) is 14.4. The predicted octanol–water partition coefficient (Wildman–Crippen LogP) is -3.34. The summed E-state index contributed by atoms with van der Waals surface area (Å²) < 4.78 is 0. The van der Waals surface area contributed by atoms with Crippen LogP contribution < -0.4 is 30.5 Å². The number of hydrogen-bond donors (Lipinski definition) is 1. The van der Waals surface area contributed by atoms with Crippen molar-refractivity contribution in [3.8, 4) is 0 Å². The van der Waals surface area contributed by atoms with Crippen LogP contribution in [-0.4, -0.2) is 28.0 Å². The molecule has 0 fully saturated rings. The molecule has 2 N–H and O–H groups in total. The minimum atomic E-state index is 0. The molecule has 0 radical (unpaired) electrons. The quantitative estimate of drug-likeness (QED) is 0.629. The largest absolute Gasteiger partial charge is 1.00 e. The van der Waals surface area contributed by atoms with E-state index in [4.69, 9.17) is 5.73 Å². The van der Waals surface area contributed by atoms with Crippen molar-refractivity contribution in [2.75, 3.05) is 18.8 Å². The second-order valence-corrected chi connectivity index (χ2v) is 5.41. The predicted molar refractivity (Wildman–Crippen MR) is 85.5 cm³/mol. The standard InChI is InChI=1S/C17H20N4.2ClH/c1-13-19-11-16(17(18)20-13)12-21-9-7-15(8-10-21)14-5-3-2-4-6-14;;/h2-7,11H,8-10,12H2,1H3,(H2,18,19,20);2*1H/p-2. The van der Waals surface area contributed by atoms with Crippen LogP contribution in [0.1, 0.15) is 23.4 Å². The van der Waals surface area contributed by atoms with E-state index in [1.54, 1.807) is 0 Å². The number of nitrogens with zero attached hydrogens (tertiary/aromatic N) is 3. The molecule has 4 nitrogen and oxygen atoms in total. The van der Waals surface area contributed by atoms with Gasteiger partial charge in [0.05, 0.1) is 0 Å². The number of nitrogens with two attached hydrogens (primary N) is 1. The van der Waals surface area contributed by atoms with Crippen molar-refractivity contribution in [3.05, 3.63) is 59.6 Å². The van der Waals surface area contributed by atoms with Crippen LogP contribution in [0.15, 0.2) is 42.6 Å². The molecule has 0 saturated carbocycles. The lowest BCUT2D eigenvalue weighted by Gasteiger charge is -2.26. The monoisotopic (exact) mass is 350 g/mol. The van der Waals surface area contributed by atoms with Gasteiger partial charge in [-0.05, 0) is 24.5 Å². The third-order valence-corrected chi connectivity index (χ3v) is 3.85. The zero-order valence-electron chi connectivity index (χ0n) is 13.0. The first-order chi connectivity index (χ1) is 10.2. The molecule has 0 bridgehead atoms. The van der Waals surface area contributed by atoms with E-state index in [1.165, 1.54) is 11.1 Å². The fraction of sp³-hybridized carbons (Fsp3) is 0.294. The Morgan fingerprint density at radius 2 is 1.91 bits per heavy atom. The van der Waals surface area contributed by atoms with Crippen LogP contribution in [-0.2, 0) is 6.54 Å². The number of rotatable bonds is 3. The molecule has 0 atom stereocenters. The van der Waals surface area contributed by atoms with Crippen LogP contribution in [0.3, 0.4) is 0 Å². The Morgan fingerprint density at radius 1 is 1.17 bits per heavy atom. The van der Waals surface area contributed by atoms with E-state index < -0.39 is 0 Å². The molecule has 1 aromatic heterocycles. The van der Waals surface area contributed by atoms with E-state index in [0.717, 1.165) is 37.4 Å². The van der Waals surface area contributed by atoms with Gasteiger partial charge in [0.1, 0.15) is 11.6 Å². The van der Waals surface area contributed by atoms with Gasteiger partial charge >= 0.3 is 0 Å². The van der Waals surface area contributed by atoms with E-state index >= 15 is 0 Å². The molecule has 0 spiro atoms. The maximum Gasteiger partial charge on any atom is 0.131 e. The molecule has 23 heavy (non-hydrogen) atoms. The molecule has 0 unspecified atom stereocenters. The van der Waals surface area contributed by atoms with Gasteiger partial charge in [0.15, 0.2) is 0 Å². The van der Waals surface area contributed by atoms with Gasteiger partial charge in [-0.3, -0.25) is 4.90 Å². The van der Waals surface area contributed by atoms with Gasteiger partial charge < -0.3 is 30.5 Å². The highest BCUT2D eigenvalue weighted by Gasteiger charge is 2.14. The zero-order valence-corrected chi connectivity index (χ0v) is 14.6. The van der Waals surface area contributed by atoms with Gasteiger partial charge in [-0.25, -0.2) is 9.97 Å². The van der Waals surface area contributed by atoms with Gasteiger partial charge in [0.2, 0.25) is 0 Å². The lowest BCUT2D eigenvalue weighted by molar-refractivity contribution is -0.001000. The third kappa shape index (κ3) is 4.93. The van der Waals surface area contributed by atoms with Gasteiger partial charge in [-0.2, -0.15) is 0 Å². The summed E-state index contributed by atoms with van der Waals surface area (Å²) in [5.74, 6) is 1.32. The first kappa shape index (κ1) is 19.4. The lowest BCUT2D eigenvalue weighted by atomic mass is 9.99. The average molecular weight is 351 g/mol. The summed E-state index contributed by atoms with van der Waals surface area (Å²) in [7, 11) is 0. The summed E-state index contributed by atoms with van der Waals surface area (Å²) in [5, 5.41) is 0. The second-order valence-electron chi connectivity index (χ2n) is 5.41. The molecule has 0 saturated heterocycles. The van der Waals surface area contributed by atoms with Gasteiger partial charge in [-0.15, -0.1) is 0 Å². The van der Waals surface area contributed by atoms with Crippen LogP contribution in [0.4, 0.5) is 5.82 Å². The topological polar surface area (TPSA) is 55.0 Å². The molecule has 3 rings (SSSR count). The van der Waals surface area contributed by atoms with Crippen molar-refractivity contribution < 1.29 is 24.8 Å². The molecule has 6 heteroatoms. The van der Waals surface area contributed by atoms with Gasteiger partial charge in [-0.1, -0.05) is 36.4 Å². The number of hydrogen-bond acceptors (Lipinski definition) is 4. The van der Waals surface area contributed by atoms with Crippen molar-refractivity contribution in [1.29, 1.82) is 0 Å². The summed E-state index contributed by atoms with van der Waals surface area (Å²) in [5.41, 5.74) is 9.73. The Hall–Kier alpha value is -1.62. The number of aryl methyl sites for hydroxylation is 1. The summed E-state index contributed by atoms with van der Waals surface area (Å²) in [6.45, 7) is 4.65. The fourth-order valence-electron chi connectivity index (χ4n) is 2.64. The van der Waals surface area contributed by atoms with Crippen LogP contribution in [0.2, 0.25) is 0 Å². The van der Waals surface area contributed by atoms with Crippen LogP contribution in [0, 0.1) is 6.92 Å². The van der Waals surface area contributed by atoms with E-state index in [2.05, 4.69) is 51.3 Å². The van der Waals surface area contributed by atoms with Crippen molar-refractivity contribution >= 4 is 11.4 Å². The highest BCUT2D eigenvalue weighted by Crippen LogP contribution is 2.23. The fourth-order valence-corrected chi connectivity index (χ4v) is 2.64. The van der Waals surface area contributed by atoms with Crippen LogP contribution >= 0.6 is 0 Å². The maximum atomic E-state index is 5.96. The third-order valence-electron chi connectivity index (χ3n) is 3.85. The number of halogens is 2. The molecule has 1 aliphatic rings. The number of benzene rings is 1. The average Bonchev–Trinajstić information content (AvgIpc) is 2.52. The smallest absolute Gasteiger partial charge is 0.131 e. The zero-order chi connectivity index (χ0) is 14.7. The van der Waals surface area contributed by atoms with Crippen molar-refractivity contribution in [1.82, 2.24) is 14.9 Å². The highest BCUT2D eigenvalue weighted by atomic mass is 35.5. The van der Waals surface area contributed by atoms with E-state index in [-0.39, 0.29) is 24.8 Å². The van der Waals surface area contributed by atoms with Gasteiger partial charge in [0.25, 0.3) is 0 Å². The Kier molecular flexibility index (Phi) is 7.49. The van der Waals surface area contributed by atoms with E-state index in [9.17, 15) is 0 Å². The molecular formula is C17H20Cl2N4-2. The molecule has 2 heterocycles. The Labute approximate surface area is 149 Å². The molecule has 2 aromatic rings. The Bertz CT molecular complexity index is 659. The van der Waals surface area contributed by atoms with Crippen molar-refractivity contribution in [3.63, 3.8) is 0 Å². The lowest BCUT2D eigenvalue weighted by Crippen LogP contribution is -3.00. The first-order valence-electron chi connectivity index (χ1n) is 7.27. The molecule has 1 aliphatic heterocycles. The Balaban J connectivity index is 0.00000132. The van der Waals surface area contributed by atoms with E-state index in [0.29, 0.717) is 5.82 Å². The number of aromatic nitrogens is 2. The summed E-state index contributed by atoms with van der Waals surface area (Å²) >= 11 is 0. The van der Waals surface area contributed by atoms with Gasteiger partial charge in [0, 0.05) is 31.4 Å². The molecule has 0 amide bonds. The number of anilines is 1. The second kappa shape index (κ2) is 8.87. The van der Waals surface area contributed by atoms with Crippen LogP contribution in [0.25, 0.3) is 5.57 Å². The highest BCUT2D eigenvalue weighted by molar-refractivity contribution is 5.66. The molecule has 124 valence electrons. The first-order valence-corrected chi connectivity index (χ1v) is 7.27. The summed E-state index contributed by atoms with van der Waals surface area (Å²) in [4.78, 5) is 10.8. The SMILES string of the molecule is Cc1ncc(CN2CC=C(c3ccccc3)CC2)c(N)n1.[Cl-].[Cl-].